The molecule has 4 atom stereocenters. The van der Waals surface area contributed by atoms with Gasteiger partial charge in [-0.2, -0.15) is 0 Å². The highest BCUT2D eigenvalue weighted by Gasteiger charge is 2.55. The number of amides is 1. The molecule has 2 aliphatic rings. The average Bonchev–Trinajstić information content (AvgIpc) is 3.32. The van der Waals surface area contributed by atoms with Crippen LogP contribution in [0.15, 0.2) is 30.3 Å². The topological polar surface area (TPSA) is 60.1 Å². The maximum absolute atomic E-state index is 12.3. The minimum atomic E-state index is -0.683. The van der Waals surface area contributed by atoms with Crippen molar-refractivity contribution in [2.45, 2.75) is 83.3 Å². The average molecular weight is 376 g/mol. The number of rotatable bonds is 3. The summed E-state index contributed by atoms with van der Waals surface area (Å²) in [5, 5.41) is 3.00. The van der Waals surface area contributed by atoms with Crippen molar-refractivity contribution in [3.8, 4) is 0 Å². The molecule has 1 aromatic carbocycles. The van der Waals surface area contributed by atoms with Crippen molar-refractivity contribution in [1.29, 1.82) is 0 Å². The first kappa shape index (κ1) is 20.2. The van der Waals surface area contributed by atoms with Gasteiger partial charge in [-0.1, -0.05) is 36.8 Å². The van der Waals surface area contributed by atoms with Crippen LogP contribution in [0.2, 0.25) is 0 Å². The molecule has 1 unspecified atom stereocenters. The quantitative estimate of drug-likeness (QED) is 0.793. The van der Waals surface area contributed by atoms with Crippen LogP contribution in [0.3, 0.4) is 0 Å². The van der Waals surface area contributed by atoms with Gasteiger partial charge >= 0.3 is 6.09 Å². The van der Waals surface area contributed by atoms with Gasteiger partial charge < -0.3 is 19.5 Å². The molecule has 150 valence electrons. The number of carbonyl (C=O) groups is 1. The molecular weight excluding hydrogens is 342 g/mol. The van der Waals surface area contributed by atoms with E-state index in [1.165, 1.54) is 5.56 Å². The minimum absolute atomic E-state index is 0.0854. The van der Waals surface area contributed by atoms with Crippen molar-refractivity contribution in [2.75, 3.05) is 6.61 Å². The normalized spacial score (nSPS) is 31.5. The zero-order valence-electron chi connectivity index (χ0n) is 17.0. The van der Waals surface area contributed by atoms with E-state index in [0.29, 0.717) is 12.5 Å². The van der Waals surface area contributed by atoms with Crippen molar-refractivity contribution >= 4 is 6.09 Å². The molecule has 0 saturated carbocycles. The molecule has 2 heterocycles. The van der Waals surface area contributed by atoms with Crippen LogP contribution < -0.4 is 5.32 Å². The summed E-state index contributed by atoms with van der Waals surface area (Å²) in [5.74, 6) is -0.115. The molecule has 2 saturated heterocycles. The van der Waals surface area contributed by atoms with E-state index in [0.717, 1.165) is 32.1 Å². The maximum atomic E-state index is 12.3. The number of ether oxygens (including phenoxy) is 3. The first-order valence-corrected chi connectivity index (χ1v) is 10.1. The van der Waals surface area contributed by atoms with Gasteiger partial charge in [-0.3, -0.25) is 0 Å². The standard InChI is InChI=1S/C22H33NO4/c1-16-13-18(14-17-9-6-5-7-10-17)11-8-12-19(22(26-16)15-25-22)23-20(24)27-21(2,3)4/h5-7,9-10,16,18-19H,8,11-15H2,1-4H3,(H,23,24)/t16-,18-,19-,22?/m0/s1. The van der Waals surface area contributed by atoms with Gasteiger partial charge in [-0.15, -0.1) is 0 Å². The van der Waals surface area contributed by atoms with Crippen LogP contribution in [-0.4, -0.2) is 36.2 Å². The lowest BCUT2D eigenvalue weighted by Crippen LogP contribution is -2.49. The number of epoxide rings is 1. The Morgan fingerprint density at radius 1 is 1.26 bits per heavy atom. The molecule has 27 heavy (non-hydrogen) atoms. The molecule has 0 radical (unpaired) electrons. The van der Waals surface area contributed by atoms with Gasteiger partial charge in [0.25, 0.3) is 0 Å². The van der Waals surface area contributed by atoms with Gasteiger partial charge in [0.1, 0.15) is 12.2 Å². The van der Waals surface area contributed by atoms with Crippen molar-refractivity contribution in [3.05, 3.63) is 35.9 Å². The highest BCUT2D eigenvalue weighted by Crippen LogP contribution is 2.39. The summed E-state index contributed by atoms with van der Waals surface area (Å²) in [6.07, 6.45) is 4.72. The summed E-state index contributed by atoms with van der Waals surface area (Å²) >= 11 is 0. The zero-order valence-corrected chi connectivity index (χ0v) is 17.0. The molecule has 1 spiro atoms. The molecule has 0 aliphatic carbocycles. The molecular formula is C22H33NO4. The molecule has 1 amide bonds. The Bertz CT molecular complexity index is 621. The van der Waals surface area contributed by atoms with Crippen molar-refractivity contribution in [1.82, 2.24) is 5.32 Å². The highest BCUT2D eigenvalue weighted by molar-refractivity contribution is 5.68. The Kier molecular flexibility index (Phi) is 6.11. The second kappa shape index (κ2) is 8.19. The third-order valence-electron chi connectivity index (χ3n) is 5.19. The van der Waals surface area contributed by atoms with E-state index in [9.17, 15) is 4.79 Å². The number of alkyl carbamates (subject to hydrolysis) is 1. The molecule has 5 heteroatoms. The summed E-state index contributed by atoms with van der Waals surface area (Å²) in [4.78, 5) is 12.3. The van der Waals surface area contributed by atoms with Crippen LogP contribution in [0.25, 0.3) is 0 Å². The van der Waals surface area contributed by atoms with E-state index >= 15 is 0 Å². The molecule has 3 rings (SSSR count). The fraction of sp³-hybridized carbons (Fsp3) is 0.682. The highest BCUT2D eigenvalue weighted by atomic mass is 16.8. The lowest BCUT2D eigenvalue weighted by atomic mass is 9.89. The van der Waals surface area contributed by atoms with E-state index in [4.69, 9.17) is 14.2 Å². The van der Waals surface area contributed by atoms with E-state index in [1.54, 1.807) is 0 Å². The van der Waals surface area contributed by atoms with Gasteiger partial charge in [0, 0.05) is 0 Å². The van der Waals surface area contributed by atoms with E-state index in [2.05, 4.69) is 42.6 Å². The summed E-state index contributed by atoms with van der Waals surface area (Å²) in [5.41, 5.74) is 0.851. The largest absolute Gasteiger partial charge is 0.444 e. The maximum Gasteiger partial charge on any atom is 0.408 e. The number of hydrogen-bond acceptors (Lipinski definition) is 4. The minimum Gasteiger partial charge on any atom is -0.444 e. The first-order valence-electron chi connectivity index (χ1n) is 10.1. The molecule has 2 fully saturated rings. The Morgan fingerprint density at radius 3 is 2.59 bits per heavy atom. The van der Waals surface area contributed by atoms with Gasteiger partial charge in [0.15, 0.2) is 0 Å². The Balaban J connectivity index is 1.63. The van der Waals surface area contributed by atoms with Crippen LogP contribution in [0.5, 0.6) is 0 Å². The van der Waals surface area contributed by atoms with Crippen LogP contribution in [0.4, 0.5) is 4.79 Å². The predicted molar refractivity (Wildman–Crippen MR) is 104 cm³/mol. The van der Waals surface area contributed by atoms with Gasteiger partial charge in [-0.25, -0.2) is 4.79 Å². The van der Waals surface area contributed by atoms with Crippen molar-refractivity contribution in [2.24, 2.45) is 5.92 Å². The molecule has 0 bridgehead atoms. The SMILES string of the molecule is C[C@H]1C[C@@H](Cc2ccccc2)CCC[C@H](NC(=O)OC(C)(C)C)C2(CO2)O1. The molecule has 1 N–H and O–H groups in total. The van der Waals surface area contributed by atoms with E-state index < -0.39 is 17.5 Å². The monoisotopic (exact) mass is 375 g/mol. The van der Waals surface area contributed by atoms with Gasteiger partial charge in [-0.05, 0) is 64.9 Å². The van der Waals surface area contributed by atoms with Crippen LogP contribution in [-0.2, 0) is 20.6 Å². The lowest BCUT2D eigenvalue weighted by Gasteiger charge is -2.28. The lowest BCUT2D eigenvalue weighted by molar-refractivity contribution is -0.108. The zero-order chi connectivity index (χ0) is 19.5. The Morgan fingerprint density at radius 2 is 1.96 bits per heavy atom. The first-order chi connectivity index (χ1) is 12.8. The van der Waals surface area contributed by atoms with Crippen LogP contribution >= 0.6 is 0 Å². The third-order valence-corrected chi connectivity index (χ3v) is 5.19. The second-order valence-electron chi connectivity index (χ2n) is 8.95. The number of nitrogens with one attached hydrogen (secondary N) is 1. The fourth-order valence-corrected chi connectivity index (χ4v) is 3.99. The van der Waals surface area contributed by atoms with Gasteiger partial charge in [0.2, 0.25) is 5.79 Å². The Hall–Kier alpha value is -1.59. The van der Waals surface area contributed by atoms with Crippen molar-refractivity contribution < 1.29 is 19.0 Å². The third kappa shape index (κ3) is 5.94. The fourth-order valence-electron chi connectivity index (χ4n) is 3.99. The molecule has 1 aromatic rings. The summed E-state index contributed by atoms with van der Waals surface area (Å²) in [6.45, 7) is 8.24. The smallest absolute Gasteiger partial charge is 0.408 e. The molecule has 2 aliphatic heterocycles. The summed E-state index contributed by atoms with van der Waals surface area (Å²) in [6, 6.07) is 10.5. The number of hydrogen-bond donors (Lipinski definition) is 1. The van der Waals surface area contributed by atoms with Crippen LogP contribution in [0, 0.1) is 5.92 Å². The van der Waals surface area contributed by atoms with E-state index in [1.807, 2.05) is 20.8 Å². The molecule has 5 nitrogen and oxygen atoms in total. The summed E-state index contributed by atoms with van der Waals surface area (Å²) in [7, 11) is 0. The second-order valence-corrected chi connectivity index (χ2v) is 8.95. The van der Waals surface area contributed by atoms with Crippen molar-refractivity contribution in [3.63, 3.8) is 0 Å². The van der Waals surface area contributed by atoms with Crippen LogP contribution in [0.1, 0.15) is 58.9 Å². The van der Waals surface area contributed by atoms with Gasteiger partial charge in [0.05, 0.1) is 12.1 Å². The number of benzene rings is 1. The number of carbonyl (C=O) groups excluding carboxylic acids is 1. The predicted octanol–water partition coefficient (Wildman–Crippen LogP) is 4.44. The van der Waals surface area contributed by atoms with E-state index in [-0.39, 0.29) is 12.1 Å². The molecule has 0 aromatic heterocycles. The Labute approximate surface area is 162 Å². The summed E-state index contributed by atoms with van der Waals surface area (Å²) < 4.78 is 17.4.